The second kappa shape index (κ2) is 3.64. The lowest BCUT2D eigenvalue weighted by Gasteiger charge is -2.42. The molecule has 0 unspecified atom stereocenters. The van der Waals surface area contributed by atoms with Crippen molar-refractivity contribution in [2.24, 2.45) is 0 Å². The van der Waals surface area contributed by atoms with E-state index >= 15 is 0 Å². The van der Waals surface area contributed by atoms with Gasteiger partial charge in [0.15, 0.2) is 0 Å². The van der Waals surface area contributed by atoms with Gasteiger partial charge in [-0.2, -0.15) is 0 Å². The maximum atomic E-state index is 11.9. The van der Waals surface area contributed by atoms with Gasteiger partial charge >= 0.3 is 0 Å². The Labute approximate surface area is 98.6 Å². The van der Waals surface area contributed by atoms with Gasteiger partial charge in [0, 0.05) is 24.7 Å². The van der Waals surface area contributed by atoms with Crippen LogP contribution in [0.25, 0.3) is 0 Å². The molecule has 2 heterocycles. The minimum Gasteiger partial charge on any atom is -0.348 e. The maximum Gasteiger partial charge on any atom is 0.255 e. The first-order valence-corrected chi connectivity index (χ1v) is 5.71. The Kier molecular flexibility index (Phi) is 2.26. The van der Waals surface area contributed by atoms with Crippen LogP contribution >= 0.6 is 11.6 Å². The topological polar surface area (TPSA) is 44.4 Å². The number of anilines is 1. The number of nitrogens with one attached hydrogen (secondary N) is 2. The van der Waals surface area contributed by atoms with Crippen LogP contribution in [0.5, 0.6) is 0 Å². The van der Waals surface area contributed by atoms with Crippen molar-refractivity contribution >= 4 is 23.2 Å². The molecule has 1 saturated heterocycles. The minimum absolute atomic E-state index is 0.0394. The Bertz CT molecular complexity index is 449. The van der Waals surface area contributed by atoms with Gasteiger partial charge in [-0.1, -0.05) is 11.6 Å². The molecule has 2 aliphatic heterocycles. The fourth-order valence-corrected chi connectivity index (χ4v) is 2.46. The van der Waals surface area contributed by atoms with Crippen LogP contribution in [0.1, 0.15) is 10.4 Å². The predicted molar refractivity (Wildman–Crippen MR) is 62.9 cm³/mol. The summed E-state index contributed by atoms with van der Waals surface area (Å²) in [6.45, 7) is 2.63. The van der Waals surface area contributed by atoms with Gasteiger partial charge in [-0.3, -0.25) is 4.79 Å². The number of fused-ring (bicyclic) bond motifs is 3. The summed E-state index contributed by atoms with van der Waals surface area (Å²) >= 11 is 5.91. The number of hydrogen-bond donors (Lipinski definition) is 2. The molecule has 5 heteroatoms. The smallest absolute Gasteiger partial charge is 0.255 e. The van der Waals surface area contributed by atoms with Gasteiger partial charge in [0.05, 0.1) is 11.3 Å². The maximum absolute atomic E-state index is 11.9. The quantitative estimate of drug-likeness (QED) is 0.702. The number of benzene rings is 1. The molecule has 1 aromatic carbocycles. The summed E-state index contributed by atoms with van der Waals surface area (Å²) in [6, 6.07) is 5.48. The van der Waals surface area contributed by atoms with Gasteiger partial charge in [0.25, 0.3) is 5.91 Å². The molecule has 2 N–H and O–H groups in total. The molecule has 0 aliphatic carbocycles. The van der Waals surface area contributed by atoms with E-state index in [0.717, 1.165) is 25.3 Å². The summed E-state index contributed by atoms with van der Waals surface area (Å²) in [5, 5.41) is 6.83. The van der Waals surface area contributed by atoms with Gasteiger partial charge in [0.2, 0.25) is 0 Å². The molecule has 0 spiro atoms. The van der Waals surface area contributed by atoms with E-state index in [-0.39, 0.29) is 12.1 Å². The van der Waals surface area contributed by atoms with Gasteiger partial charge in [-0.25, -0.2) is 0 Å². The Morgan fingerprint density at radius 1 is 1.44 bits per heavy atom. The van der Waals surface area contributed by atoms with E-state index in [4.69, 9.17) is 11.6 Å². The third-order valence-corrected chi connectivity index (χ3v) is 3.29. The molecule has 1 fully saturated rings. The first kappa shape index (κ1) is 9.93. The number of halogens is 1. The van der Waals surface area contributed by atoms with Crippen molar-refractivity contribution in [3.63, 3.8) is 0 Å². The zero-order chi connectivity index (χ0) is 11.1. The zero-order valence-corrected chi connectivity index (χ0v) is 9.42. The van der Waals surface area contributed by atoms with Crippen molar-refractivity contribution in [3.05, 3.63) is 28.8 Å². The molecule has 0 radical (unpaired) electrons. The summed E-state index contributed by atoms with van der Waals surface area (Å²) in [7, 11) is 0. The molecule has 0 bridgehead atoms. The van der Waals surface area contributed by atoms with E-state index in [2.05, 4.69) is 15.5 Å². The fourth-order valence-electron chi connectivity index (χ4n) is 2.29. The standard InChI is InChI=1S/C11H12ClN3O/c12-7-1-2-9-8(5-7)11(16)14-10-6-13-3-4-15(9)10/h1-2,5,10,13H,3-4,6H2,(H,14,16)/t10-/m1/s1. The number of piperazine rings is 1. The molecular weight excluding hydrogens is 226 g/mol. The normalized spacial score (nSPS) is 23.4. The van der Waals surface area contributed by atoms with Crippen LogP contribution in [0.15, 0.2) is 18.2 Å². The number of carbonyl (C=O) groups is 1. The van der Waals surface area contributed by atoms with Crippen molar-refractivity contribution in [1.82, 2.24) is 10.6 Å². The molecule has 1 atom stereocenters. The molecule has 0 aromatic heterocycles. The van der Waals surface area contributed by atoms with Crippen LogP contribution in [-0.2, 0) is 0 Å². The van der Waals surface area contributed by atoms with Crippen molar-refractivity contribution < 1.29 is 4.79 Å². The minimum atomic E-state index is -0.0394. The van der Waals surface area contributed by atoms with E-state index in [9.17, 15) is 4.79 Å². The Morgan fingerprint density at radius 2 is 2.31 bits per heavy atom. The highest BCUT2D eigenvalue weighted by Gasteiger charge is 2.32. The van der Waals surface area contributed by atoms with E-state index < -0.39 is 0 Å². The first-order valence-electron chi connectivity index (χ1n) is 5.33. The van der Waals surface area contributed by atoms with Crippen LogP contribution in [0.3, 0.4) is 0 Å². The van der Waals surface area contributed by atoms with Crippen LogP contribution in [0.4, 0.5) is 5.69 Å². The van der Waals surface area contributed by atoms with Crippen LogP contribution in [0.2, 0.25) is 5.02 Å². The fraction of sp³-hybridized carbons (Fsp3) is 0.364. The third kappa shape index (κ3) is 1.45. The number of rotatable bonds is 0. The van der Waals surface area contributed by atoms with Gasteiger partial charge in [0.1, 0.15) is 6.17 Å². The molecule has 4 nitrogen and oxygen atoms in total. The first-order chi connectivity index (χ1) is 7.75. The molecule has 16 heavy (non-hydrogen) atoms. The average molecular weight is 238 g/mol. The summed E-state index contributed by atoms with van der Waals surface area (Å²) < 4.78 is 0. The van der Waals surface area contributed by atoms with Crippen molar-refractivity contribution in [2.75, 3.05) is 24.5 Å². The Hall–Kier alpha value is -1.26. The molecule has 1 aromatic rings. The van der Waals surface area contributed by atoms with E-state index in [0.29, 0.717) is 10.6 Å². The van der Waals surface area contributed by atoms with Crippen molar-refractivity contribution in [1.29, 1.82) is 0 Å². The molecular formula is C11H12ClN3O. The molecule has 2 aliphatic rings. The number of carbonyl (C=O) groups excluding carboxylic acids is 1. The lowest BCUT2D eigenvalue weighted by Crippen LogP contribution is -2.62. The number of hydrogen-bond acceptors (Lipinski definition) is 3. The van der Waals surface area contributed by atoms with E-state index in [1.54, 1.807) is 6.07 Å². The second-order valence-corrected chi connectivity index (χ2v) is 4.48. The SMILES string of the molecule is O=C1N[C@H]2CNCCN2c2ccc(Cl)cc21. The third-order valence-electron chi connectivity index (χ3n) is 3.05. The highest BCUT2D eigenvalue weighted by atomic mass is 35.5. The predicted octanol–water partition coefficient (Wildman–Crippen LogP) is 0.819. The zero-order valence-electron chi connectivity index (χ0n) is 8.66. The lowest BCUT2D eigenvalue weighted by atomic mass is 10.1. The van der Waals surface area contributed by atoms with E-state index in [1.165, 1.54) is 0 Å². The van der Waals surface area contributed by atoms with Crippen LogP contribution < -0.4 is 15.5 Å². The molecule has 84 valence electrons. The van der Waals surface area contributed by atoms with Crippen molar-refractivity contribution in [3.8, 4) is 0 Å². The summed E-state index contributed by atoms with van der Waals surface area (Å²) in [4.78, 5) is 14.1. The summed E-state index contributed by atoms with van der Waals surface area (Å²) in [5.41, 5.74) is 1.66. The van der Waals surface area contributed by atoms with Gasteiger partial charge in [-0.15, -0.1) is 0 Å². The lowest BCUT2D eigenvalue weighted by molar-refractivity contribution is 0.0923. The van der Waals surface area contributed by atoms with Gasteiger partial charge < -0.3 is 15.5 Å². The second-order valence-electron chi connectivity index (χ2n) is 4.05. The van der Waals surface area contributed by atoms with Gasteiger partial charge in [-0.05, 0) is 18.2 Å². The molecule has 0 saturated carbocycles. The molecule has 1 amide bonds. The Morgan fingerprint density at radius 3 is 3.19 bits per heavy atom. The number of nitrogens with zero attached hydrogens (tertiary/aromatic N) is 1. The van der Waals surface area contributed by atoms with Crippen LogP contribution in [0, 0.1) is 0 Å². The molecule has 3 rings (SSSR count). The summed E-state index contributed by atoms with van der Waals surface area (Å²) in [5.74, 6) is -0.0394. The largest absolute Gasteiger partial charge is 0.348 e. The monoisotopic (exact) mass is 237 g/mol. The highest BCUT2D eigenvalue weighted by Crippen LogP contribution is 2.29. The average Bonchev–Trinajstić information content (AvgIpc) is 2.29. The number of amides is 1. The van der Waals surface area contributed by atoms with E-state index in [1.807, 2.05) is 12.1 Å². The van der Waals surface area contributed by atoms with Crippen molar-refractivity contribution in [2.45, 2.75) is 6.17 Å². The Balaban J connectivity index is 2.08. The van der Waals surface area contributed by atoms with Crippen LogP contribution in [-0.4, -0.2) is 31.7 Å². The highest BCUT2D eigenvalue weighted by molar-refractivity contribution is 6.31. The summed E-state index contributed by atoms with van der Waals surface area (Å²) in [6.07, 6.45) is 0.0647.